The monoisotopic (exact) mass is 352 g/mol. The molecule has 1 unspecified atom stereocenters. The fourth-order valence-electron chi connectivity index (χ4n) is 3.42. The SMILES string of the molecule is COc1ccccc1-c1nc2n(n1)CCC(c1cc(C(N)=O)n(C)n1)C2. The van der Waals surface area contributed by atoms with Crippen LogP contribution in [0.25, 0.3) is 11.4 Å². The zero-order valence-electron chi connectivity index (χ0n) is 14.7. The molecule has 1 aromatic carbocycles. The van der Waals surface area contributed by atoms with Gasteiger partial charge in [0, 0.05) is 25.9 Å². The number of nitrogens with zero attached hydrogens (tertiary/aromatic N) is 5. The van der Waals surface area contributed by atoms with E-state index >= 15 is 0 Å². The Bertz CT molecular complexity index is 974. The highest BCUT2D eigenvalue weighted by Gasteiger charge is 2.27. The van der Waals surface area contributed by atoms with Crippen molar-refractivity contribution >= 4 is 5.91 Å². The lowest BCUT2D eigenvalue weighted by Crippen LogP contribution is -2.19. The molecule has 1 atom stereocenters. The van der Waals surface area contributed by atoms with Crippen molar-refractivity contribution < 1.29 is 9.53 Å². The molecular formula is C18H20N6O2. The van der Waals surface area contributed by atoms with Crippen molar-refractivity contribution in [1.29, 1.82) is 0 Å². The quantitative estimate of drug-likeness (QED) is 0.767. The Labute approximate surface area is 150 Å². The third kappa shape index (κ3) is 2.73. The summed E-state index contributed by atoms with van der Waals surface area (Å²) in [6.45, 7) is 0.755. The molecule has 0 bridgehead atoms. The van der Waals surface area contributed by atoms with Crippen molar-refractivity contribution in [3.63, 3.8) is 0 Å². The second-order valence-electron chi connectivity index (χ2n) is 6.41. The van der Waals surface area contributed by atoms with Crippen LogP contribution in [-0.2, 0) is 20.0 Å². The lowest BCUT2D eigenvalue weighted by Gasteiger charge is -2.20. The summed E-state index contributed by atoms with van der Waals surface area (Å²) < 4.78 is 8.89. The van der Waals surface area contributed by atoms with E-state index in [1.165, 1.54) is 4.68 Å². The van der Waals surface area contributed by atoms with Crippen LogP contribution in [0.5, 0.6) is 5.75 Å². The maximum absolute atomic E-state index is 11.5. The summed E-state index contributed by atoms with van der Waals surface area (Å²) >= 11 is 0. The lowest BCUT2D eigenvalue weighted by molar-refractivity contribution is 0.0991. The molecule has 3 heterocycles. The molecule has 0 spiro atoms. The average molecular weight is 352 g/mol. The van der Waals surface area contributed by atoms with Gasteiger partial charge in [0.05, 0.1) is 18.4 Å². The van der Waals surface area contributed by atoms with Crippen molar-refractivity contribution in [3.8, 4) is 17.1 Å². The molecule has 8 nitrogen and oxygen atoms in total. The first kappa shape index (κ1) is 16.3. The van der Waals surface area contributed by atoms with Gasteiger partial charge in [-0.2, -0.15) is 10.2 Å². The van der Waals surface area contributed by atoms with Gasteiger partial charge in [-0.25, -0.2) is 9.67 Å². The smallest absolute Gasteiger partial charge is 0.266 e. The first-order valence-electron chi connectivity index (χ1n) is 8.47. The van der Waals surface area contributed by atoms with E-state index in [-0.39, 0.29) is 5.92 Å². The van der Waals surface area contributed by atoms with Gasteiger partial charge in [-0.15, -0.1) is 0 Å². The van der Waals surface area contributed by atoms with Crippen LogP contribution in [0.3, 0.4) is 0 Å². The van der Waals surface area contributed by atoms with E-state index in [2.05, 4.69) is 10.2 Å². The van der Waals surface area contributed by atoms with Crippen molar-refractivity contribution in [2.24, 2.45) is 12.8 Å². The highest BCUT2D eigenvalue weighted by atomic mass is 16.5. The number of ether oxygens (including phenoxy) is 1. The minimum atomic E-state index is -0.469. The molecule has 1 aliphatic heterocycles. The molecule has 0 radical (unpaired) electrons. The lowest BCUT2D eigenvalue weighted by atomic mass is 9.94. The van der Waals surface area contributed by atoms with Gasteiger partial charge in [-0.05, 0) is 24.6 Å². The van der Waals surface area contributed by atoms with Crippen LogP contribution in [0.15, 0.2) is 30.3 Å². The zero-order valence-corrected chi connectivity index (χ0v) is 14.7. The predicted molar refractivity (Wildman–Crippen MR) is 94.8 cm³/mol. The summed E-state index contributed by atoms with van der Waals surface area (Å²) in [5.74, 6) is 2.05. The fourth-order valence-corrected chi connectivity index (χ4v) is 3.42. The second kappa shape index (κ2) is 6.29. The van der Waals surface area contributed by atoms with Crippen molar-refractivity contribution in [2.45, 2.75) is 25.3 Å². The van der Waals surface area contributed by atoms with E-state index < -0.39 is 5.91 Å². The number of rotatable bonds is 4. The Morgan fingerprint density at radius 2 is 2.12 bits per heavy atom. The molecule has 134 valence electrons. The van der Waals surface area contributed by atoms with Crippen molar-refractivity contribution in [3.05, 3.63) is 47.5 Å². The Kier molecular flexibility index (Phi) is 3.95. The standard InChI is InChI=1S/C18H20N6O2/c1-23-14(17(19)25)10-13(21-23)11-7-8-24-16(9-11)20-18(22-24)12-5-3-4-6-15(12)26-2/h3-6,10-11H,7-9H2,1-2H3,(H2,19,25). The molecular weight excluding hydrogens is 332 g/mol. The number of aromatic nitrogens is 5. The molecule has 26 heavy (non-hydrogen) atoms. The summed E-state index contributed by atoms with van der Waals surface area (Å²) in [5.41, 5.74) is 7.56. The number of hydrogen-bond donors (Lipinski definition) is 1. The van der Waals surface area contributed by atoms with Gasteiger partial charge >= 0.3 is 0 Å². The molecule has 4 rings (SSSR count). The Hall–Kier alpha value is -3.16. The van der Waals surface area contributed by atoms with Gasteiger partial charge in [0.15, 0.2) is 5.82 Å². The van der Waals surface area contributed by atoms with Crippen LogP contribution < -0.4 is 10.5 Å². The molecule has 3 aromatic rings. The number of fused-ring (bicyclic) bond motifs is 1. The minimum absolute atomic E-state index is 0.191. The van der Waals surface area contributed by atoms with Gasteiger partial charge in [0.25, 0.3) is 5.91 Å². The third-order valence-electron chi connectivity index (χ3n) is 4.78. The minimum Gasteiger partial charge on any atom is -0.496 e. The number of amides is 1. The molecule has 2 N–H and O–H groups in total. The molecule has 1 amide bonds. The van der Waals surface area contributed by atoms with Gasteiger partial charge < -0.3 is 10.5 Å². The average Bonchev–Trinajstić information content (AvgIpc) is 3.24. The first-order chi connectivity index (χ1) is 12.6. The van der Waals surface area contributed by atoms with E-state index in [0.29, 0.717) is 11.5 Å². The maximum Gasteiger partial charge on any atom is 0.266 e. The van der Waals surface area contributed by atoms with E-state index in [1.54, 1.807) is 20.2 Å². The number of benzene rings is 1. The second-order valence-corrected chi connectivity index (χ2v) is 6.41. The van der Waals surface area contributed by atoms with E-state index in [4.69, 9.17) is 15.5 Å². The molecule has 0 fully saturated rings. The molecule has 2 aromatic heterocycles. The number of carbonyl (C=O) groups excluding carboxylic acids is 1. The summed E-state index contributed by atoms with van der Waals surface area (Å²) in [6.07, 6.45) is 1.61. The summed E-state index contributed by atoms with van der Waals surface area (Å²) in [7, 11) is 3.37. The summed E-state index contributed by atoms with van der Waals surface area (Å²) in [5, 5.41) is 9.09. The largest absolute Gasteiger partial charge is 0.496 e. The number of aryl methyl sites for hydroxylation is 2. The van der Waals surface area contributed by atoms with Gasteiger partial charge in [0.2, 0.25) is 0 Å². The van der Waals surface area contributed by atoms with Crippen molar-refractivity contribution in [2.75, 3.05) is 7.11 Å². The van der Waals surface area contributed by atoms with Crippen LogP contribution in [-0.4, -0.2) is 37.6 Å². The fraction of sp³-hybridized carbons (Fsp3) is 0.333. The zero-order chi connectivity index (χ0) is 18.3. The Balaban J connectivity index is 1.63. The summed E-state index contributed by atoms with van der Waals surface area (Å²) in [4.78, 5) is 16.2. The number of nitrogens with two attached hydrogens (primary N) is 1. The van der Waals surface area contributed by atoms with Crippen LogP contribution in [0.1, 0.15) is 34.3 Å². The first-order valence-corrected chi connectivity index (χ1v) is 8.47. The number of carbonyl (C=O) groups is 1. The highest BCUT2D eigenvalue weighted by Crippen LogP contribution is 2.32. The number of para-hydroxylation sites is 1. The highest BCUT2D eigenvalue weighted by molar-refractivity contribution is 5.91. The predicted octanol–water partition coefficient (Wildman–Crippen LogP) is 1.52. The van der Waals surface area contributed by atoms with Crippen LogP contribution in [0, 0.1) is 0 Å². The topological polar surface area (TPSA) is 101 Å². The molecule has 0 saturated heterocycles. The number of methoxy groups -OCH3 is 1. The normalized spacial score (nSPS) is 16.3. The van der Waals surface area contributed by atoms with Crippen molar-refractivity contribution in [1.82, 2.24) is 24.5 Å². The van der Waals surface area contributed by atoms with Crippen LogP contribution in [0.2, 0.25) is 0 Å². The summed E-state index contributed by atoms with van der Waals surface area (Å²) in [6, 6.07) is 9.50. The molecule has 8 heteroatoms. The molecule has 0 saturated carbocycles. The van der Waals surface area contributed by atoms with E-state index in [0.717, 1.165) is 42.2 Å². The van der Waals surface area contributed by atoms with Crippen LogP contribution in [0.4, 0.5) is 0 Å². The van der Waals surface area contributed by atoms with E-state index in [9.17, 15) is 4.79 Å². The Morgan fingerprint density at radius 3 is 2.85 bits per heavy atom. The maximum atomic E-state index is 11.5. The van der Waals surface area contributed by atoms with Gasteiger partial charge in [-0.3, -0.25) is 9.48 Å². The molecule has 0 aliphatic carbocycles. The number of hydrogen-bond acceptors (Lipinski definition) is 5. The van der Waals surface area contributed by atoms with Crippen LogP contribution >= 0.6 is 0 Å². The third-order valence-corrected chi connectivity index (χ3v) is 4.78. The Morgan fingerprint density at radius 1 is 1.31 bits per heavy atom. The van der Waals surface area contributed by atoms with Gasteiger partial charge in [-0.1, -0.05) is 12.1 Å². The van der Waals surface area contributed by atoms with E-state index in [1.807, 2.05) is 28.9 Å². The molecule has 1 aliphatic rings. The number of primary amides is 1. The van der Waals surface area contributed by atoms with Gasteiger partial charge in [0.1, 0.15) is 17.3 Å².